The molecule has 1 rings (SSSR count). The van der Waals surface area contributed by atoms with E-state index in [2.05, 4.69) is 6.07 Å². The Hall–Kier alpha value is -0.740. The zero-order valence-corrected chi connectivity index (χ0v) is 6.57. The van der Waals surface area contributed by atoms with Gasteiger partial charge in [-0.05, 0) is 25.8 Å². The fourth-order valence-corrected chi connectivity index (χ4v) is 1.10. The molecule has 0 bridgehead atoms. The third-order valence-electron chi connectivity index (χ3n) is 1.62. The fourth-order valence-electron chi connectivity index (χ4n) is 0.878. The molecule has 0 saturated heterocycles. The average Bonchev–Trinajstić information content (AvgIpc) is 1.95. The number of nitriles is 1. The van der Waals surface area contributed by atoms with E-state index >= 15 is 0 Å². The molecule has 0 heterocycles. The lowest BCUT2D eigenvalue weighted by molar-refractivity contribution is 0.925. The van der Waals surface area contributed by atoms with Crippen LogP contribution in [0.15, 0.2) is 22.3 Å². The van der Waals surface area contributed by atoms with E-state index in [4.69, 9.17) is 16.9 Å². The molecule has 0 atom stereocenters. The molecule has 0 radical (unpaired) electrons. The van der Waals surface area contributed by atoms with Crippen LogP contribution in [0.3, 0.4) is 0 Å². The third-order valence-corrected chi connectivity index (χ3v) is 2.05. The van der Waals surface area contributed by atoms with Gasteiger partial charge in [-0.25, -0.2) is 0 Å². The van der Waals surface area contributed by atoms with E-state index in [-0.39, 0.29) is 0 Å². The third kappa shape index (κ3) is 1.40. The molecule has 0 spiro atoms. The topological polar surface area (TPSA) is 23.8 Å². The first kappa shape index (κ1) is 7.37. The number of nitrogens with zero attached hydrogens (tertiary/aromatic N) is 1. The highest BCUT2D eigenvalue weighted by Crippen LogP contribution is 2.25. The smallest absolute Gasteiger partial charge is 0.0947 e. The van der Waals surface area contributed by atoms with E-state index in [0.29, 0.717) is 0 Å². The molecule has 1 nitrogen and oxygen atoms in total. The van der Waals surface area contributed by atoms with Gasteiger partial charge in [-0.1, -0.05) is 17.2 Å². The molecule has 0 fully saturated rings. The number of hydrogen-bond donors (Lipinski definition) is 0. The van der Waals surface area contributed by atoms with Gasteiger partial charge in [0.2, 0.25) is 0 Å². The molecular formula is C8H8ClN. The van der Waals surface area contributed by atoms with Crippen LogP contribution in [0.4, 0.5) is 0 Å². The molecule has 0 N–H and O–H groups in total. The van der Waals surface area contributed by atoms with Crippen LogP contribution < -0.4 is 0 Å². The largest absolute Gasteiger partial charge is 0.193 e. The molecule has 2 heteroatoms. The summed E-state index contributed by atoms with van der Waals surface area (Å²) in [4.78, 5) is 0. The van der Waals surface area contributed by atoms with Crippen LogP contribution in [0.2, 0.25) is 0 Å². The van der Waals surface area contributed by atoms with Crippen LogP contribution in [-0.2, 0) is 0 Å². The van der Waals surface area contributed by atoms with Crippen molar-refractivity contribution in [1.29, 1.82) is 5.26 Å². The summed E-state index contributed by atoms with van der Waals surface area (Å²) in [6.07, 6.45) is 3.52. The van der Waals surface area contributed by atoms with Crippen LogP contribution in [0, 0.1) is 11.3 Å². The van der Waals surface area contributed by atoms with Crippen LogP contribution >= 0.6 is 11.6 Å². The van der Waals surface area contributed by atoms with Crippen molar-refractivity contribution in [3.8, 4) is 6.07 Å². The molecule has 0 unspecified atom stereocenters. The van der Waals surface area contributed by atoms with Crippen molar-refractivity contribution >= 4 is 11.6 Å². The lowest BCUT2D eigenvalue weighted by Gasteiger charge is -2.07. The lowest BCUT2D eigenvalue weighted by Crippen LogP contribution is -1.91. The predicted molar refractivity (Wildman–Crippen MR) is 41.5 cm³/mol. The van der Waals surface area contributed by atoms with Crippen molar-refractivity contribution in [3.05, 3.63) is 22.3 Å². The van der Waals surface area contributed by atoms with Crippen molar-refractivity contribution < 1.29 is 0 Å². The molecule has 0 aromatic heterocycles. The lowest BCUT2D eigenvalue weighted by atomic mass is 10.0. The predicted octanol–water partition coefficient (Wildman–Crippen LogP) is 2.74. The normalized spacial score (nSPS) is 18.3. The molecule has 0 aromatic rings. The maximum atomic E-state index is 8.50. The van der Waals surface area contributed by atoms with Crippen LogP contribution in [-0.4, -0.2) is 0 Å². The fraction of sp³-hybridized carbons (Fsp3) is 0.375. The second-order valence-electron chi connectivity index (χ2n) is 2.41. The molecule has 0 amide bonds. The standard InChI is InChI=1S/C8H8ClN/c1-6-2-3-7(5-10)4-8(6)9/h4H,2-3H2,1H3. The van der Waals surface area contributed by atoms with E-state index in [9.17, 15) is 0 Å². The Balaban J connectivity index is 2.89. The second kappa shape index (κ2) is 2.90. The summed E-state index contributed by atoms with van der Waals surface area (Å²) in [5.41, 5.74) is 1.97. The number of halogens is 1. The number of hydrogen-bond acceptors (Lipinski definition) is 1. The van der Waals surface area contributed by atoms with Crippen molar-refractivity contribution in [2.45, 2.75) is 19.8 Å². The van der Waals surface area contributed by atoms with Gasteiger partial charge < -0.3 is 0 Å². The maximum absolute atomic E-state index is 8.50. The number of allylic oxidation sites excluding steroid dienone is 4. The average molecular weight is 154 g/mol. The molecule has 1 aliphatic rings. The summed E-state index contributed by atoms with van der Waals surface area (Å²) in [6.45, 7) is 1.99. The van der Waals surface area contributed by atoms with Crippen molar-refractivity contribution in [1.82, 2.24) is 0 Å². The Bertz CT molecular complexity index is 242. The minimum atomic E-state index is 0.739. The van der Waals surface area contributed by atoms with E-state index < -0.39 is 0 Å². The highest BCUT2D eigenvalue weighted by molar-refractivity contribution is 6.31. The summed E-state index contributed by atoms with van der Waals surface area (Å²) in [5, 5.41) is 9.23. The first-order valence-electron chi connectivity index (χ1n) is 3.20. The van der Waals surface area contributed by atoms with Gasteiger partial charge in [-0.2, -0.15) is 5.26 Å². The summed E-state index contributed by atoms with van der Waals surface area (Å²) in [6, 6.07) is 2.10. The second-order valence-corrected chi connectivity index (χ2v) is 2.82. The van der Waals surface area contributed by atoms with Gasteiger partial charge in [0.25, 0.3) is 0 Å². The quantitative estimate of drug-likeness (QED) is 0.525. The Morgan fingerprint density at radius 3 is 2.80 bits per heavy atom. The van der Waals surface area contributed by atoms with Gasteiger partial charge in [0.05, 0.1) is 6.07 Å². The summed E-state index contributed by atoms with van der Waals surface area (Å²) in [7, 11) is 0. The van der Waals surface area contributed by atoms with E-state index in [1.165, 1.54) is 5.57 Å². The monoisotopic (exact) mass is 153 g/mol. The summed E-state index contributed by atoms with van der Waals surface area (Å²) >= 11 is 5.79. The molecule has 1 aliphatic carbocycles. The van der Waals surface area contributed by atoms with Gasteiger partial charge in [-0.3, -0.25) is 0 Å². The molecular weight excluding hydrogens is 146 g/mol. The first-order chi connectivity index (χ1) is 4.74. The van der Waals surface area contributed by atoms with Gasteiger partial charge in [-0.15, -0.1) is 0 Å². The first-order valence-corrected chi connectivity index (χ1v) is 3.58. The minimum absolute atomic E-state index is 0.739. The SMILES string of the molecule is CC1=C(Cl)C=C(C#N)CC1. The Labute approximate surface area is 65.6 Å². The Morgan fingerprint density at radius 2 is 2.30 bits per heavy atom. The Morgan fingerprint density at radius 1 is 1.60 bits per heavy atom. The van der Waals surface area contributed by atoms with Crippen molar-refractivity contribution in [3.63, 3.8) is 0 Å². The van der Waals surface area contributed by atoms with Crippen molar-refractivity contribution in [2.75, 3.05) is 0 Å². The van der Waals surface area contributed by atoms with Crippen LogP contribution in [0.25, 0.3) is 0 Å². The molecule has 0 saturated carbocycles. The Kier molecular flexibility index (Phi) is 2.13. The van der Waals surface area contributed by atoms with E-state index in [1.807, 2.05) is 6.92 Å². The van der Waals surface area contributed by atoms with E-state index in [1.54, 1.807) is 6.08 Å². The molecule has 10 heavy (non-hydrogen) atoms. The highest BCUT2D eigenvalue weighted by atomic mass is 35.5. The zero-order chi connectivity index (χ0) is 7.56. The minimum Gasteiger partial charge on any atom is -0.193 e. The van der Waals surface area contributed by atoms with Crippen molar-refractivity contribution in [2.24, 2.45) is 0 Å². The highest BCUT2D eigenvalue weighted by Gasteiger charge is 2.06. The number of rotatable bonds is 0. The molecule has 0 aliphatic heterocycles. The van der Waals surface area contributed by atoms with Crippen LogP contribution in [0.1, 0.15) is 19.8 Å². The maximum Gasteiger partial charge on any atom is 0.0947 e. The molecule has 52 valence electrons. The van der Waals surface area contributed by atoms with Gasteiger partial charge in [0, 0.05) is 10.6 Å². The summed E-state index contributed by atoms with van der Waals surface area (Å²) in [5.74, 6) is 0. The van der Waals surface area contributed by atoms with Gasteiger partial charge >= 0.3 is 0 Å². The van der Waals surface area contributed by atoms with Gasteiger partial charge in [0.1, 0.15) is 0 Å². The zero-order valence-electron chi connectivity index (χ0n) is 5.82. The van der Waals surface area contributed by atoms with Crippen LogP contribution in [0.5, 0.6) is 0 Å². The van der Waals surface area contributed by atoms with E-state index in [0.717, 1.165) is 23.4 Å². The summed E-state index contributed by atoms with van der Waals surface area (Å²) < 4.78 is 0. The molecule has 0 aromatic carbocycles. The van der Waals surface area contributed by atoms with Gasteiger partial charge in [0.15, 0.2) is 0 Å².